The van der Waals surface area contributed by atoms with E-state index in [2.05, 4.69) is 20.6 Å². The molecule has 5 aromatic rings. The standard InChI is InChI=1S/C49H48Cl2N8O8/c1-4-18-58(46(60)41(55-48(62)64-2)27-13-8-5-6-9-14-27)24-36-52-39(43(50)53-36)29-20-31-25-67-35-23-30(21-32-26-66-34(22-29)37(31)38(32)35)40-44(51)57-45(54-40)33-17-12-19-59(33)47(61)42(56-49(63)65-3)28-15-10-7-11-16-28/h5-11,13-16,20-23,27,33,41-42H,4,12,17-19,24-26H2,1-3H3,(H,52,53)(H,54,57)(H,55,62)(H,56,63)/t33-,41+,42+/m0/s1. The first-order valence-corrected chi connectivity index (χ1v) is 22.8. The SMILES string of the molecule is CCCN(Cc1nc(-c2cc3c4c(c2)OCc2cc(-c5nc([C@@H]6CCCN6C(=O)[C@H](NC(=O)OC)c6ccccc6)[nH]c5Cl)cc(c2-4)OC3)c(Cl)[nH]1)C(=O)[C@H](NC(=O)OC)C1C=CC=CC=C1. The number of rotatable bonds is 13. The number of aromatic nitrogens is 4. The van der Waals surface area contributed by atoms with Crippen molar-refractivity contribution in [1.82, 2.24) is 40.4 Å². The summed E-state index contributed by atoms with van der Waals surface area (Å²) in [5.41, 5.74) is 6.65. The Balaban J connectivity index is 0.956. The van der Waals surface area contributed by atoms with Gasteiger partial charge in [0.05, 0.1) is 26.8 Å². The molecule has 16 nitrogen and oxygen atoms in total. The molecule has 0 saturated carbocycles. The Morgan fingerprint density at radius 1 is 0.836 bits per heavy atom. The maximum Gasteiger partial charge on any atom is 0.407 e. The molecule has 1 saturated heterocycles. The van der Waals surface area contributed by atoms with Crippen LogP contribution in [0.1, 0.15) is 66.6 Å². The Labute approximate surface area is 396 Å². The summed E-state index contributed by atoms with van der Waals surface area (Å²) in [5, 5.41) is 6.04. The third-order valence-corrected chi connectivity index (χ3v) is 12.8. The van der Waals surface area contributed by atoms with Crippen LogP contribution < -0.4 is 20.1 Å². The summed E-state index contributed by atoms with van der Waals surface area (Å²) in [6, 6.07) is 14.6. The number of nitrogens with zero attached hydrogens (tertiary/aromatic N) is 4. The van der Waals surface area contributed by atoms with Gasteiger partial charge < -0.3 is 49.3 Å². The third kappa shape index (κ3) is 9.10. The van der Waals surface area contributed by atoms with Crippen LogP contribution in [0.3, 0.4) is 0 Å². The molecule has 3 aliphatic heterocycles. The number of methoxy groups -OCH3 is 2. The van der Waals surface area contributed by atoms with E-state index in [1.807, 2.05) is 85.8 Å². The second-order valence-electron chi connectivity index (χ2n) is 16.5. The number of hydrogen-bond donors (Lipinski definition) is 4. The lowest BCUT2D eigenvalue weighted by atomic mass is 9.87. The number of likely N-dealkylation sites (tertiary alicyclic amines) is 1. The zero-order valence-electron chi connectivity index (χ0n) is 36.9. The van der Waals surface area contributed by atoms with Crippen molar-refractivity contribution in [2.75, 3.05) is 27.3 Å². The van der Waals surface area contributed by atoms with Gasteiger partial charge in [0, 0.05) is 52.4 Å². The number of amides is 4. The summed E-state index contributed by atoms with van der Waals surface area (Å²) >= 11 is 13.7. The van der Waals surface area contributed by atoms with E-state index in [4.69, 9.17) is 52.1 Å². The fourth-order valence-corrected chi connectivity index (χ4v) is 9.66. The van der Waals surface area contributed by atoms with Gasteiger partial charge in [-0.15, -0.1) is 0 Å². The number of ether oxygens (including phenoxy) is 4. The number of carbonyl (C=O) groups excluding carboxylic acids is 4. The molecule has 0 radical (unpaired) electrons. The monoisotopic (exact) mass is 946 g/mol. The summed E-state index contributed by atoms with van der Waals surface area (Å²) in [7, 11) is 2.52. The second kappa shape index (κ2) is 19.4. The molecule has 4 N–H and O–H groups in total. The first kappa shape index (κ1) is 45.1. The molecule has 5 heterocycles. The van der Waals surface area contributed by atoms with Gasteiger partial charge >= 0.3 is 12.2 Å². The largest absolute Gasteiger partial charge is 0.488 e. The summed E-state index contributed by atoms with van der Waals surface area (Å²) < 4.78 is 22.6. The zero-order valence-corrected chi connectivity index (χ0v) is 38.4. The molecule has 2 aromatic heterocycles. The molecule has 4 aliphatic rings. The van der Waals surface area contributed by atoms with Crippen molar-refractivity contribution >= 4 is 47.2 Å². The Morgan fingerprint density at radius 2 is 1.45 bits per heavy atom. The van der Waals surface area contributed by atoms with Crippen LogP contribution in [0, 0.1) is 5.92 Å². The van der Waals surface area contributed by atoms with E-state index in [0.29, 0.717) is 81.9 Å². The van der Waals surface area contributed by atoms with Crippen LogP contribution in [0.15, 0.2) is 91.1 Å². The van der Waals surface area contributed by atoms with Gasteiger partial charge in [0.1, 0.15) is 70.1 Å². The molecule has 67 heavy (non-hydrogen) atoms. The summed E-state index contributed by atoms with van der Waals surface area (Å²) in [6.45, 7) is 3.43. The number of halogens is 2. The number of alkyl carbamates (subject to hydrolysis) is 2. The fourth-order valence-electron chi connectivity index (χ4n) is 9.15. The average molecular weight is 948 g/mol. The minimum Gasteiger partial charge on any atom is -0.488 e. The van der Waals surface area contributed by atoms with Crippen molar-refractivity contribution in [3.8, 4) is 45.1 Å². The highest BCUT2D eigenvalue weighted by molar-refractivity contribution is 6.32. The van der Waals surface area contributed by atoms with Crippen molar-refractivity contribution in [2.45, 2.75) is 64.1 Å². The number of benzene rings is 3. The van der Waals surface area contributed by atoms with Crippen molar-refractivity contribution in [2.24, 2.45) is 5.92 Å². The molecule has 346 valence electrons. The highest BCUT2D eigenvalue weighted by atomic mass is 35.5. The quantitative estimate of drug-likeness (QED) is 0.0887. The molecule has 0 unspecified atom stereocenters. The second-order valence-corrected chi connectivity index (χ2v) is 17.3. The van der Waals surface area contributed by atoms with Gasteiger partial charge in [0.2, 0.25) is 5.91 Å². The average Bonchev–Trinajstić information content (AvgIpc) is 4.03. The van der Waals surface area contributed by atoms with Crippen LogP contribution in [-0.4, -0.2) is 87.1 Å². The van der Waals surface area contributed by atoms with E-state index in [-0.39, 0.29) is 31.6 Å². The van der Waals surface area contributed by atoms with E-state index in [9.17, 15) is 19.2 Å². The number of nitrogens with one attached hydrogen (secondary N) is 4. The lowest BCUT2D eigenvalue weighted by Crippen LogP contribution is -2.51. The van der Waals surface area contributed by atoms with Crippen molar-refractivity contribution in [3.63, 3.8) is 0 Å². The minimum absolute atomic E-state index is 0.114. The van der Waals surface area contributed by atoms with Gasteiger partial charge in [-0.1, -0.05) is 96.9 Å². The first-order chi connectivity index (χ1) is 32.5. The topological polar surface area (TPSA) is 193 Å². The molecule has 9 rings (SSSR count). The summed E-state index contributed by atoms with van der Waals surface area (Å²) in [5.74, 6) is 1.32. The number of imidazole rings is 2. The molecule has 18 heteroatoms. The van der Waals surface area contributed by atoms with Gasteiger partial charge in [0.25, 0.3) is 5.91 Å². The third-order valence-electron chi connectivity index (χ3n) is 12.3. The van der Waals surface area contributed by atoms with E-state index < -0.39 is 36.2 Å². The lowest BCUT2D eigenvalue weighted by molar-refractivity contribution is -0.135. The maximum absolute atomic E-state index is 14.1. The van der Waals surface area contributed by atoms with Crippen LogP contribution in [0.4, 0.5) is 9.59 Å². The summed E-state index contributed by atoms with van der Waals surface area (Å²) in [6.07, 6.45) is 11.7. The van der Waals surface area contributed by atoms with Crippen LogP contribution in [0.5, 0.6) is 11.5 Å². The van der Waals surface area contributed by atoms with Crippen molar-refractivity contribution in [3.05, 3.63) is 130 Å². The van der Waals surface area contributed by atoms with Crippen LogP contribution >= 0.6 is 23.2 Å². The number of H-pyrrole nitrogens is 2. The molecular formula is C49H48Cl2N8O8. The Bertz CT molecular complexity index is 2750. The molecule has 0 bridgehead atoms. The van der Waals surface area contributed by atoms with Crippen LogP contribution in [0.25, 0.3) is 33.6 Å². The molecule has 0 spiro atoms. The van der Waals surface area contributed by atoms with E-state index in [1.165, 1.54) is 14.2 Å². The number of aromatic amines is 2. The highest BCUT2D eigenvalue weighted by Gasteiger charge is 2.38. The van der Waals surface area contributed by atoms with E-state index in [1.54, 1.807) is 21.9 Å². The van der Waals surface area contributed by atoms with Gasteiger partial charge in [-0.3, -0.25) is 9.59 Å². The van der Waals surface area contributed by atoms with Gasteiger partial charge in [0.15, 0.2) is 0 Å². The number of carbonyl (C=O) groups is 4. The Morgan fingerprint density at radius 3 is 2.07 bits per heavy atom. The van der Waals surface area contributed by atoms with Crippen molar-refractivity contribution < 1.29 is 38.1 Å². The predicted molar refractivity (Wildman–Crippen MR) is 250 cm³/mol. The smallest absolute Gasteiger partial charge is 0.407 e. The fraction of sp³-hybridized carbons (Fsp3) is 0.306. The first-order valence-electron chi connectivity index (χ1n) is 22.0. The molecule has 1 aliphatic carbocycles. The normalized spacial score (nSPS) is 16.6. The number of allylic oxidation sites excluding steroid dienone is 4. The maximum atomic E-state index is 14.1. The zero-order chi connectivity index (χ0) is 46.8. The van der Waals surface area contributed by atoms with E-state index >= 15 is 0 Å². The molecule has 1 fully saturated rings. The molecular weight excluding hydrogens is 899 g/mol. The highest BCUT2D eigenvalue weighted by Crippen LogP contribution is 2.51. The van der Waals surface area contributed by atoms with Gasteiger partial charge in [-0.05, 0) is 49.1 Å². The lowest BCUT2D eigenvalue weighted by Gasteiger charge is -2.30. The molecule has 3 atom stereocenters. The van der Waals surface area contributed by atoms with Gasteiger partial charge in [-0.25, -0.2) is 19.6 Å². The van der Waals surface area contributed by atoms with Gasteiger partial charge in [-0.2, -0.15) is 0 Å². The number of hydrogen-bond acceptors (Lipinski definition) is 10. The van der Waals surface area contributed by atoms with Crippen LogP contribution in [0.2, 0.25) is 10.3 Å². The molecule has 3 aromatic carbocycles. The Kier molecular flexibility index (Phi) is 13.1. The van der Waals surface area contributed by atoms with E-state index in [0.717, 1.165) is 34.2 Å². The van der Waals surface area contributed by atoms with Crippen LogP contribution in [-0.2, 0) is 38.8 Å². The van der Waals surface area contributed by atoms with Crippen molar-refractivity contribution in [1.29, 1.82) is 0 Å². The Hall–Kier alpha value is -7.04. The minimum atomic E-state index is -0.955. The predicted octanol–water partition coefficient (Wildman–Crippen LogP) is 8.75. The molecule has 4 amide bonds. The summed E-state index contributed by atoms with van der Waals surface area (Å²) in [4.78, 5) is 72.6.